The molecule has 0 saturated heterocycles. The normalized spacial score (nSPS) is 11.6. The van der Waals surface area contributed by atoms with Crippen molar-refractivity contribution >= 4 is 8.18 Å². The Labute approximate surface area is 53.1 Å². The van der Waals surface area contributed by atoms with Gasteiger partial charge in [0.1, 0.15) is 0 Å². The van der Waals surface area contributed by atoms with E-state index in [1.54, 1.807) is 6.92 Å². The summed E-state index contributed by atoms with van der Waals surface area (Å²) in [6.45, 7) is 1.67. The predicted molar refractivity (Wildman–Crippen MR) is 32.2 cm³/mol. The Morgan fingerprint density at radius 3 is 2.78 bits per heavy atom. The minimum absolute atomic E-state index is 0.554. The molecule has 0 saturated carbocycles. The molecule has 0 bridgehead atoms. The van der Waals surface area contributed by atoms with Crippen LogP contribution in [-0.4, -0.2) is 14.2 Å². The van der Waals surface area contributed by atoms with Gasteiger partial charge in [0.15, 0.2) is 5.82 Å². The van der Waals surface area contributed by atoms with E-state index in [0.717, 1.165) is 0 Å². The van der Waals surface area contributed by atoms with Gasteiger partial charge in [-0.05, 0) is 11.5 Å². The van der Waals surface area contributed by atoms with Crippen molar-refractivity contribution < 1.29 is 9.46 Å². The molecule has 1 aromatic rings. The lowest BCUT2D eigenvalue weighted by molar-refractivity contribution is 0.492. The van der Waals surface area contributed by atoms with Gasteiger partial charge in [-0.25, -0.2) is 4.98 Å². The maximum atomic E-state index is 10.4. The maximum Gasteiger partial charge on any atom is 0.648 e. The molecule has 1 atom stereocenters. The fourth-order valence-electron chi connectivity index (χ4n) is 0.552. The summed E-state index contributed by atoms with van der Waals surface area (Å²) in [6.07, 6.45) is 2.95. The highest BCUT2D eigenvalue weighted by atomic mass is 31.1. The first-order chi connectivity index (χ1) is 4.22. The molecule has 9 heavy (non-hydrogen) atoms. The molecule has 0 aliphatic rings. The number of hydrogen-bond acceptors (Lipinski definition) is 2. The summed E-state index contributed by atoms with van der Waals surface area (Å²) in [5, 5.41) is 0. The Morgan fingerprint density at radius 2 is 2.56 bits per heavy atom. The zero-order valence-electron chi connectivity index (χ0n) is 4.85. The third-order valence-corrected chi connectivity index (χ3v) is 1.78. The summed E-state index contributed by atoms with van der Waals surface area (Å²) in [6, 6.07) is 0. The van der Waals surface area contributed by atoms with Crippen LogP contribution in [0, 0.1) is 6.92 Å². The van der Waals surface area contributed by atoms with Gasteiger partial charge in [0.25, 0.3) is 0 Å². The quantitative estimate of drug-likeness (QED) is 0.591. The Morgan fingerprint density at radius 1 is 1.89 bits per heavy atom. The average Bonchev–Trinajstić information content (AvgIpc) is 2.13. The first-order valence-electron chi connectivity index (χ1n) is 2.38. The van der Waals surface area contributed by atoms with E-state index in [2.05, 4.69) is 4.98 Å². The van der Waals surface area contributed by atoms with Crippen molar-refractivity contribution in [1.29, 1.82) is 0 Å². The molecule has 0 spiro atoms. The van der Waals surface area contributed by atoms with Gasteiger partial charge in [-0.3, -0.25) is 0 Å². The van der Waals surface area contributed by atoms with Gasteiger partial charge in [-0.1, -0.05) is 4.34 Å². The highest BCUT2D eigenvalue weighted by Gasteiger charge is 2.15. The fourth-order valence-corrected chi connectivity index (χ4v) is 1.03. The molecule has 1 unspecified atom stereocenters. The molecule has 0 radical (unpaired) electrons. The first kappa shape index (κ1) is 6.39. The standard InChI is InChI=1S/C4H5N2O2P/c1-4-5-2-3-6(4)9(7)8/h2-3H,1H3/p+1. The van der Waals surface area contributed by atoms with Crippen molar-refractivity contribution in [3.63, 3.8) is 0 Å². The van der Waals surface area contributed by atoms with Crippen molar-refractivity contribution in [3.8, 4) is 0 Å². The zero-order chi connectivity index (χ0) is 6.85. The SMILES string of the molecule is Cc1nccn1[P+](=O)O. The molecular formula is C4H6N2O2P+. The molecule has 0 aromatic carbocycles. The zero-order valence-corrected chi connectivity index (χ0v) is 5.75. The van der Waals surface area contributed by atoms with E-state index in [1.165, 1.54) is 16.7 Å². The highest BCUT2D eigenvalue weighted by molar-refractivity contribution is 7.36. The smallest absolute Gasteiger partial charge is 0.238 e. The molecule has 1 N–H and O–H groups in total. The first-order valence-corrected chi connectivity index (χ1v) is 3.54. The fraction of sp³-hybridized carbons (Fsp3) is 0.250. The number of imidazole rings is 1. The van der Waals surface area contributed by atoms with E-state index < -0.39 is 8.18 Å². The van der Waals surface area contributed by atoms with Crippen LogP contribution in [0.4, 0.5) is 0 Å². The third-order valence-electron chi connectivity index (χ3n) is 0.985. The average molecular weight is 145 g/mol. The molecule has 48 valence electrons. The van der Waals surface area contributed by atoms with Crippen LogP contribution in [0.3, 0.4) is 0 Å². The van der Waals surface area contributed by atoms with Crippen molar-refractivity contribution in [2.24, 2.45) is 0 Å². The van der Waals surface area contributed by atoms with Gasteiger partial charge in [0.2, 0.25) is 0 Å². The number of rotatable bonds is 1. The molecule has 0 fully saturated rings. The van der Waals surface area contributed by atoms with Gasteiger partial charge in [-0.15, -0.1) is 4.89 Å². The number of nitrogens with zero attached hydrogens (tertiary/aromatic N) is 2. The lowest BCUT2D eigenvalue weighted by Gasteiger charge is -1.79. The van der Waals surface area contributed by atoms with Gasteiger partial charge in [0, 0.05) is 6.20 Å². The Hall–Kier alpha value is -0.730. The van der Waals surface area contributed by atoms with Crippen LogP contribution < -0.4 is 0 Å². The van der Waals surface area contributed by atoms with Crippen LogP contribution in [0.2, 0.25) is 0 Å². The van der Waals surface area contributed by atoms with E-state index in [4.69, 9.17) is 4.89 Å². The Bertz CT molecular complexity index is 232. The Kier molecular flexibility index (Phi) is 1.60. The maximum absolute atomic E-state index is 10.4. The molecule has 0 amide bonds. The lowest BCUT2D eigenvalue weighted by Crippen LogP contribution is -1.85. The monoisotopic (exact) mass is 145 g/mol. The summed E-state index contributed by atoms with van der Waals surface area (Å²) in [5.74, 6) is 0.554. The van der Waals surface area contributed by atoms with Crippen molar-refractivity contribution in [2.75, 3.05) is 0 Å². The van der Waals surface area contributed by atoms with Gasteiger partial charge < -0.3 is 0 Å². The molecular weight excluding hydrogens is 139 g/mol. The summed E-state index contributed by atoms with van der Waals surface area (Å²) < 4.78 is 11.6. The van der Waals surface area contributed by atoms with Crippen LogP contribution in [0.25, 0.3) is 0 Å². The molecule has 1 heterocycles. The third kappa shape index (κ3) is 1.15. The van der Waals surface area contributed by atoms with Crippen LogP contribution in [0.1, 0.15) is 5.82 Å². The van der Waals surface area contributed by atoms with Crippen LogP contribution in [0.5, 0.6) is 0 Å². The molecule has 1 aromatic heterocycles. The molecule has 1 rings (SSSR count). The molecule has 0 aliphatic carbocycles. The largest absolute Gasteiger partial charge is 0.648 e. The van der Waals surface area contributed by atoms with E-state index in [-0.39, 0.29) is 0 Å². The Balaban J connectivity index is 3.08. The van der Waals surface area contributed by atoms with Crippen LogP contribution in [-0.2, 0) is 4.57 Å². The van der Waals surface area contributed by atoms with Crippen LogP contribution in [0.15, 0.2) is 12.4 Å². The van der Waals surface area contributed by atoms with Gasteiger partial charge >= 0.3 is 8.18 Å². The van der Waals surface area contributed by atoms with Crippen molar-refractivity contribution in [2.45, 2.75) is 6.92 Å². The summed E-state index contributed by atoms with van der Waals surface area (Å²) in [7, 11) is -2.28. The van der Waals surface area contributed by atoms with Gasteiger partial charge in [0.05, 0.1) is 6.20 Å². The van der Waals surface area contributed by atoms with E-state index in [0.29, 0.717) is 5.82 Å². The van der Waals surface area contributed by atoms with Gasteiger partial charge in [-0.2, -0.15) is 0 Å². The van der Waals surface area contributed by atoms with Crippen molar-refractivity contribution in [3.05, 3.63) is 18.2 Å². The minimum Gasteiger partial charge on any atom is -0.238 e. The number of aryl methyl sites for hydroxylation is 1. The predicted octanol–water partition coefficient (Wildman–Crippen LogP) is 0.689. The van der Waals surface area contributed by atoms with Crippen LogP contribution >= 0.6 is 8.18 Å². The second-order valence-corrected chi connectivity index (χ2v) is 2.51. The molecule has 4 nitrogen and oxygen atoms in total. The van der Waals surface area contributed by atoms with E-state index in [9.17, 15) is 4.57 Å². The topological polar surface area (TPSA) is 55.1 Å². The minimum atomic E-state index is -2.28. The lowest BCUT2D eigenvalue weighted by atomic mass is 10.8. The summed E-state index contributed by atoms with van der Waals surface area (Å²) in [5.41, 5.74) is 0. The molecule has 0 aliphatic heterocycles. The summed E-state index contributed by atoms with van der Waals surface area (Å²) >= 11 is 0. The van der Waals surface area contributed by atoms with E-state index >= 15 is 0 Å². The van der Waals surface area contributed by atoms with Crippen molar-refractivity contribution in [1.82, 2.24) is 9.32 Å². The summed E-state index contributed by atoms with van der Waals surface area (Å²) in [4.78, 5) is 12.3. The number of hydrogen-bond donors (Lipinski definition) is 1. The van der Waals surface area contributed by atoms with E-state index in [1.807, 2.05) is 0 Å². The second kappa shape index (κ2) is 2.25. The number of aromatic nitrogens is 2. The molecule has 5 heteroatoms. The highest BCUT2D eigenvalue weighted by Crippen LogP contribution is 2.17. The second-order valence-electron chi connectivity index (χ2n) is 1.57.